The molecule has 1 aromatic heterocycles. The maximum absolute atomic E-state index is 12.7. The van der Waals surface area contributed by atoms with Gasteiger partial charge in [0.15, 0.2) is 0 Å². The summed E-state index contributed by atoms with van der Waals surface area (Å²) < 4.78 is 11.3. The number of rotatable bonds is 1. The molecule has 1 amide bonds. The Bertz CT molecular complexity index is 847. The van der Waals surface area contributed by atoms with Crippen LogP contribution in [-0.2, 0) is 15.1 Å². The Balaban J connectivity index is 1.62. The SMILES string of the molecule is CC(C)(C)OC(=O)N1C2COCC1CC(O)(c1cnc3ccccc3c1)C2. The average molecular weight is 370 g/mol. The molecule has 2 bridgehead atoms. The van der Waals surface area contributed by atoms with E-state index in [-0.39, 0.29) is 18.2 Å². The van der Waals surface area contributed by atoms with E-state index in [1.165, 1.54) is 0 Å². The summed E-state index contributed by atoms with van der Waals surface area (Å²) in [4.78, 5) is 19.0. The molecule has 2 fully saturated rings. The highest BCUT2D eigenvalue weighted by Crippen LogP contribution is 2.41. The first-order chi connectivity index (χ1) is 12.8. The molecule has 2 unspecified atom stereocenters. The molecular formula is C21H26N2O4. The van der Waals surface area contributed by atoms with Crippen LogP contribution in [0.25, 0.3) is 10.9 Å². The molecular weight excluding hydrogens is 344 g/mol. The van der Waals surface area contributed by atoms with Crippen molar-refractivity contribution in [2.45, 2.75) is 56.9 Å². The second-order valence-electron chi connectivity index (χ2n) is 8.59. The zero-order valence-electron chi connectivity index (χ0n) is 16.0. The van der Waals surface area contributed by atoms with Crippen LogP contribution in [0.5, 0.6) is 0 Å². The molecule has 2 atom stereocenters. The number of aromatic nitrogens is 1. The molecule has 0 aliphatic carbocycles. The van der Waals surface area contributed by atoms with E-state index in [0.717, 1.165) is 16.5 Å². The van der Waals surface area contributed by atoms with Gasteiger partial charge in [-0.1, -0.05) is 18.2 Å². The van der Waals surface area contributed by atoms with Crippen LogP contribution in [0.2, 0.25) is 0 Å². The van der Waals surface area contributed by atoms with Gasteiger partial charge in [0.25, 0.3) is 0 Å². The Hall–Kier alpha value is -2.18. The number of ether oxygens (including phenoxy) is 2. The first-order valence-electron chi connectivity index (χ1n) is 9.42. The van der Waals surface area contributed by atoms with Crippen LogP contribution in [0.3, 0.4) is 0 Å². The second-order valence-corrected chi connectivity index (χ2v) is 8.59. The van der Waals surface area contributed by atoms with E-state index < -0.39 is 11.2 Å². The Morgan fingerprint density at radius 3 is 2.59 bits per heavy atom. The van der Waals surface area contributed by atoms with Gasteiger partial charge in [-0.2, -0.15) is 0 Å². The summed E-state index contributed by atoms with van der Waals surface area (Å²) in [5.41, 5.74) is 0.109. The lowest BCUT2D eigenvalue weighted by molar-refractivity contribution is -0.141. The molecule has 2 saturated heterocycles. The van der Waals surface area contributed by atoms with Crippen LogP contribution in [0.4, 0.5) is 4.79 Å². The number of hydrogen-bond acceptors (Lipinski definition) is 5. The topological polar surface area (TPSA) is 71.9 Å². The minimum absolute atomic E-state index is 0.219. The molecule has 1 aromatic carbocycles. The zero-order chi connectivity index (χ0) is 19.2. The standard InChI is InChI=1S/C21H26N2O4/c1-20(2,3)27-19(24)23-16-9-21(25,10-17(23)13-26-12-16)15-8-14-6-4-5-7-18(14)22-11-15/h4-8,11,16-17,25H,9-10,12-13H2,1-3H3. The highest BCUT2D eigenvalue weighted by Gasteiger charge is 2.50. The van der Waals surface area contributed by atoms with Gasteiger partial charge in [-0.25, -0.2) is 4.79 Å². The number of nitrogens with zero attached hydrogens (tertiary/aromatic N) is 2. The van der Waals surface area contributed by atoms with Crippen molar-refractivity contribution in [3.8, 4) is 0 Å². The van der Waals surface area contributed by atoms with E-state index in [1.54, 1.807) is 11.1 Å². The van der Waals surface area contributed by atoms with Crippen molar-refractivity contribution in [3.05, 3.63) is 42.1 Å². The molecule has 2 aliphatic heterocycles. The van der Waals surface area contributed by atoms with Gasteiger partial charge >= 0.3 is 6.09 Å². The summed E-state index contributed by atoms with van der Waals surface area (Å²) in [6, 6.07) is 9.43. The smallest absolute Gasteiger partial charge is 0.410 e. The fraction of sp³-hybridized carbons (Fsp3) is 0.524. The third kappa shape index (κ3) is 3.51. The minimum Gasteiger partial charge on any atom is -0.444 e. The molecule has 0 saturated carbocycles. The number of aliphatic hydroxyl groups is 1. The first kappa shape index (κ1) is 18.2. The van der Waals surface area contributed by atoms with Gasteiger partial charge in [0.1, 0.15) is 5.60 Å². The monoisotopic (exact) mass is 370 g/mol. The normalized spacial score (nSPS) is 28.2. The molecule has 144 valence electrons. The van der Waals surface area contributed by atoms with Crippen LogP contribution in [0.1, 0.15) is 39.2 Å². The Morgan fingerprint density at radius 1 is 1.26 bits per heavy atom. The molecule has 0 radical (unpaired) electrons. The maximum atomic E-state index is 12.7. The number of carbonyl (C=O) groups is 1. The Labute approximate surface area is 159 Å². The minimum atomic E-state index is -1.03. The molecule has 6 nitrogen and oxygen atoms in total. The lowest BCUT2D eigenvalue weighted by Crippen LogP contribution is -2.63. The average Bonchev–Trinajstić information content (AvgIpc) is 2.59. The number of amides is 1. The number of morpholine rings is 1. The van der Waals surface area contributed by atoms with E-state index in [2.05, 4.69) is 4.98 Å². The lowest BCUT2D eigenvalue weighted by atomic mass is 9.77. The van der Waals surface area contributed by atoms with Gasteiger partial charge in [0.2, 0.25) is 0 Å². The molecule has 27 heavy (non-hydrogen) atoms. The third-order valence-electron chi connectivity index (χ3n) is 5.29. The number of hydrogen-bond donors (Lipinski definition) is 1. The highest BCUT2D eigenvalue weighted by atomic mass is 16.6. The van der Waals surface area contributed by atoms with Gasteiger partial charge in [-0.3, -0.25) is 9.88 Å². The number of benzene rings is 1. The number of fused-ring (bicyclic) bond motifs is 3. The van der Waals surface area contributed by atoms with Crippen molar-refractivity contribution in [1.29, 1.82) is 0 Å². The van der Waals surface area contributed by atoms with Gasteiger partial charge in [0, 0.05) is 30.0 Å². The van der Waals surface area contributed by atoms with Crippen LogP contribution in [0, 0.1) is 0 Å². The molecule has 6 heteroatoms. The predicted molar refractivity (Wildman–Crippen MR) is 101 cm³/mol. The summed E-state index contributed by atoms with van der Waals surface area (Å²) in [6.45, 7) is 6.38. The molecule has 4 rings (SSSR count). The first-order valence-corrected chi connectivity index (χ1v) is 9.42. The summed E-state index contributed by atoms with van der Waals surface area (Å²) in [5.74, 6) is 0. The second kappa shape index (κ2) is 6.46. The maximum Gasteiger partial charge on any atom is 0.410 e. The third-order valence-corrected chi connectivity index (χ3v) is 5.29. The highest BCUT2D eigenvalue weighted by molar-refractivity contribution is 5.79. The molecule has 0 spiro atoms. The van der Waals surface area contributed by atoms with Crippen LogP contribution in [-0.4, -0.2) is 52.0 Å². The number of piperidine rings is 1. The van der Waals surface area contributed by atoms with Crippen molar-refractivity contribution in [3.63, 3.8) is 0 Å². The van der Waals surface area contributed by atoms with Crippen molar-refractivity contribution in [2.24, 2.45) is 0 Å². The van der Waals surface area contributed by atoms with Crippen molar-refractivity contribution < 1.29 is 19.4 Å². The van der Waals surface area contributed by atoms with E-state index >= 15 is 0 Å². The summed E-state index contributed by atoms with van der Waals surface area (Å²) >= 11 is 0. The molecule has 1 N–H and O–H groups in total. The Morgan fingerprint density at radius 2 is 1.93 bits per heavy atom. The van der Waals surface area contributed by atoms with E-state index in [1.807, 2.05) is 51.1 Å². The number of carbonyl (C=O) groups excluding carboxylic acids is 1. The van der Waals surface area contributed by atoms with Crippen molar-refractivity contribution >= 4 is 17.0 Å². The van der Waals surface area contributed by atoms with Gasteiger partial charge in [-0.15, -0.1) is 0 Å². The van der Waals surface area contributed by atoms with Crippen molar-refractivity contribution in [1.82, 2.24) is 9.88 Å². The Kier molecular flexibility index (Phi) is 4.35. The summed E-state index contributed by atoms with van der Waals surface area (Å²) in [7, 11) is 0. The lowest BCUT2D eigenvalue weighted by Gasteiger charge is -2.51. The van der Waals surface area contributed by atoms with Gasteiger partial charge in [0.05, 0.1) is 36.4 Å². The summed E-state index contributed by atoms with van der Waals surface area (Å²) in [5, 5.41) is 12.5. The predicted octanol–water partition coefficient (Wildman–Crippen LogP) is 3.22. The molecule has 3 heterocycles. The van der Waals surface area contributed by atoms with E-state index in [4.69, 9.17) is 9.47 Å². The number of para-hydroxylation sites is 1. The van der Waals surface area contributed by atoms with E-state index in [0.29, 0.717) is 26.1 Å². The quantitative estimate of drug-likeness (QED) is 0.834. The largest absolute Gasteiger partial charge is 0.444 e. The van der Waals surface area contributed by atoms with Gasteiger partial charge < -0.3 is 14.6 Å². The molecule has 2 aromatic rings. The molecule has 2 aliphatic rings. The van der Waals surface area contributed by atoms with Crippen LogP contribution >= 0.6 is 0 Å². The van der Waals surface area contributed by atoms with E-state index in [9.17, 15) is 9.90 Å². The van der Waals surface area contributed by atoms with Crippen LogP contribution in [0.15, 0.2) is 36.5 Å². The summed E-state index contributed by atoms with van der Waals surface area (Å²) in [6.07, 6.45) is 2.23. The van der Waals surface area contributed by atoms with Crippen molar-refractivity contribution in [2.75, 3.05) is 13.2 Å². The zero-order valence-corrected chi connectivity index (χ0v) is 16.0. The number of pyridine rings is 1. The fourth-order valence-corrected chi connectivity index (χ4v) is 4.15. The fourth-order valence-electron chi connectivity index (χ4n) is 4.15. The van der Waals surface area contributed by atoms with Gasteiger partial charge in [-0.05, 0) is 32.9 Å². The van der Waals surface area contributed by atoms with Crippen LogP contribution < -0.4 is 0 Å².